The number of hydrogen-bond donors (Lipinski definition) is 1. The fourth-order valence-electron chi connectivity index (χ4n) is 2.86. The lowest BCUT2D eigenvalue weighted by atomic mass is 10.1. The number of ether oxygens (including phenoxy) is 2. The second-order valence-corrected chi connectivity index (χ2v) is 6.83. The van der Waals surface area contributed by atoms with Gasteiger partial charge >= 0.3 is 5.97 Å². The van der Waals surface area contributed by atoms with Crippen molar-refractivity contribution < 1.29 is 19.1 Å². The van der Waals surface area contributed by atoms with Gasteiger partial charge in [0.15, 0.2) is 6.61 Å². The van der Waals surface area contributed by atoms with Crippen LogP contribution in [0.15, 0.2) is 54.7 Å². The van der Waals surface area contributed by atoms with Crippen molar-refractivity contribution in [2.45, 2.75) is 20.3 Å². The molecule has 0 spiro atoms. The Bertz CT molecular complexity index is 1030. The zero-order valence-electron chi connectivity index (χ0n) is 17.3. The molecular formula is C23H25N3O4. The van der Waals surface area contributed by atoms with Crippen LogP contribution in [-0.2, 0) is 9.53 Å². The average molecular weight is 407 g/mol. The first-order chi connectivity index (χ1) is 14.5. The Kier molecular flexibility index (Phi) is 6.85. The van der Waals surface area contributed by atoms with Crippen LogP contribution in [0.4, 0.5) is 0 Å². The fraction of sp³-hybridized carbons (Fsp3) is 0.261. The summed E-state index contributed by atoms with van der Waals surface area (Å²) < 4.78 is 12.2. The number of benzene rings is 2. The van der Waals surface area contributed by atoms with Gasteiger partial charge in [0.1, 0.15) is 17.0 Å². The molecule has 0 bridgehead atoms. The van der Waals surface area contributed by atoms with Crippen LogP contribution in [0, 0.1) is 6.92 Å². The highest BCUT2D eigenvalue weighted by Crippen LogP contribution is 2.27. The smallest absolute Gasteiger partial charge is 0.342 e. The molecule has 7 heteroatoms. The molecule has 1 aromatic heterocycles. The number of nitrogens with zero attached hydrogens (tertiary/aromatic N) is 2. The summed E-state index contributed by atoms with van der Waals surface area (Å²) in [7, 11) is 1.58. The monoisotopic (exact) mass is 407 g/mol. The van der Waals surface area contributed by atoms with Gasteiger partial charge in [0, 0.05) is 18.3 Å². The van der Waals surface area contributed by atoms with Crippen molar-refractivity contribution in [2.24, 2.45) is 0 Å². The highest BCUT2D eigenvalue weighted by atomic mass is 16.5. The van der Waals surface area contributed by atoms with E-state index in [-0.39, 0.29) is 18.1 Å². The molecule has 0 unspecified atom stereocenters. The van der Waals surface area contributed by atoms with Crippen LogP contribution < -0.4 is 10.1 Å². The average Bonchev–Trinajstić information content (AvgIpc) is 3.22. The minimum Gasteiger partial charge on any atom is -0.497 e. The lowest BCUT2D eigenvalue weighted by Crippen LogP contribution is -2.29. The van der Waals surface area contributed by atoms with Crippen molar-refractivity contribution in [3.63, 3.8) is 0 Å². The molecule has 0 saturated heterocycles. The van der Waals surface area contributed by atoms with Crippen molar-refractivity contribution in [3.8, 4) is 22.7 Å². The molecule has 0 aliphatic rings. The van der Waals surface area contributed by atoms with Gasteiger partial charge in [0.2, 0.25) is 0 Å². The molecule has 0 saturated carbocycles. The van der Waals surface area contributed by atoms with Crippen LogP contribution in [0.3, 0.4) is 0 Å². The summed E-state index contributed by atoms with van der Waals surface area (Å²) >= 11 is 0. The summed E-state index contributed by atoms with van der Waals surface area (Å²) in [6.07, 6.45) is 2.43. The van der Waals surface area contributed by atoms with Crippen molar-refractivity contribution in [3.05, 3.63) is 65.9 Å². The number of aromatic nitrogens is 2. The van der Waals surface area contributed by atoms with Gasteiger partial charge in [-0.3, -0.25) is 4.79 Å². The van der Waals surface area contributed by atoms with E-state index in [0.29, 0.717) is 23.6 Å². The number of hydrogen-bond acceptors (Lipinski definition) is 5. The van der Waals surface area contributed by atoms with Gasteiger partial charge in [-0.25, -0.2) is 9.48 Å². The molecule has 0 fully saturated rings. The van der Waals surface area contributed by atoms with E-state index in [1.54, 1.807) is 24.1 Å². The number of amides is 1. The summed E-state index contributed by atoms with van der Waals surface area (Å²) in [5, 5.41) is 7.30. The van der Waals surface area contributed by atoms with Crippen molar-refractivity contribution in [1.82, 2.24) is 15.1 Å². The number of aryl methyl sites for hydroxylation is 1. The van der Waals surface area contributed by atoms with E-state index < -0.39 is 5.97 Å². The Morgan fingerprint density at radius 2 is 1.90 bits per heavy atom. The number of nitrogens with one attached hydrogen (secondary N) is 1. The lowest BCUT2D eigenvalue weighted by Gasteiger charge is -2.06. The Hall–Kier alpha value is -3.61. The molecule has 3 aromatic rings. The van der Waals surface area contributed by atoms with E-state index in [1.807, 2.05) is 56.3 Å². The van der Waals surface area contributed by atoms with Gasteiger partial charge in [0.05, 0.1) is 12.8 Å². The van der Waals surface area contributed by atoms with E-state index in [9.17, 15) is 9.59 Å². The predicted octanol–water partition coefficient (Wildman–Crippen LogP) is 3.54. The standard InChI is InChI=1S/C23H25N3O4/c1-4-12-24-21(27)15-30-23(28)20-14-26(18-10-8-16(2)9-11-18)25-22(20)17-6-5-7-19(13-17)29-3/h5-11,13-14H,4,12,15H2,1-3H3,(H,24,27). The predicted molar refractivity (Wildman–Crippen MR) is 114 cm³/mol. The maximum atomic E-state index is 12.8. The topological polar surface area (TPSA) is 82.5 Å². The molecule has 1 N–H and O–H groups in total. The lowest BCUT2D eigenvalue weighted by molar-refractivity contribution is -0.124. The first-order valence-corrected chi connectivity index (χ1v) is 9.76. The van der Waals surface area contributed by atoms with Gasteiger partial charge in [0.25, 0.3) is 5.91 Å². The maximum Gasteiger partial charge on any atom is 0.342 e. The Morgan fingerprint density at radius 1 is 1.13 bits per heavy atom. The Morgan fingerprint density at radius 3 is 2.60 bits per heavy atom. The molecule has 7 nitrogen and oxygen atoms in total. The summed E-state index contributed by atoms with van der Waals surface area (Å²) in [5.41, 5.74) is 3.37. The molecule has 3 rings (SSSR count). The SMILES string of the molecule is CCCNC(=O)COC(=O)c1cn(-c2ccc(C)cc2)nc1-c1cccc(OC)c1. The van der Waals surface area contributed by atoms with E-state index in [1.165, 1.54) is 0 Å². The second-order valence-electron chi connectivity index (χ2n) is 6.83. The molecule has 0 radical (unpaired) electrons. The molecule has 0 aliphatic heterocycles. The number of carbonyl (C=O) groups excluding carboxylic acids is 2. The molecule has 1 heterocycles. The molecule has 30 heavy (non-hydrogen) atoms. The zero-order chi connectivity index (χ0) is 21.5. The highest BCUT2D eigenvalue weighted by molar-refractivity contribution is 5.97. The van der Waals surface area contributed by atoms with Crippen molar-refractivity contribution >= 4 is 11.9 Å². The molecular weight excluding hydrogens is 382 g/mol. The maximum absolute atomic E-state index is 12.8. The van der Waals surface area contributed by atoms with Crippen molar-refractivity contribution in [2.75, 3.05) is 20.3 Å². The molecule has 2 aromatic carbocycles. The highest BCUT2D eigenvalue weighted by Gasteiger charge is 2.21. The fourth-order valence-corrected chi connectivity index (χ4v) is 2.86. The summed E-state index contributed by atoms with van der Waals surface area (Å²) in [5.74, 6) is -0.299. The van der Waals surface area contributed by atoms with Gasteiger partial charge < -0.3 is 14.8 Å². The second kappa shape index (κ2) is 9.73. The molecule has 156 valence electrons. The summed E-state index contributed by atoms with van der Waals surface area (Å²) in [4.78, 5) is 24.6. The number of methoxy groups -OCH3 is 1. The van der Waals surface area contributed by atoms with Crippen LogP contribution >= 0.6 is 0 Å². The largest absolute Gasteiger partial charge is 0.497 e. The minimum absolute atomic E-state index is 0.270. The zero-order valence-corrected chi connectivity index (χ0v) is 17.3. The summed E-state index contributed by atoms with van der Waals surface area (Å²) in [6.45, 7) is 4.15. The van der Waals surface area contributed by atoms with Crippen molar-refractivity contribution in [1.29, 1.82) is 0 Å². The first-order valence-electron chi connectivity index (χ1n) is 9.76. The quantitative estimate of drug-likeness (QED) is 0.578. The summed E-state index contributed by atoms with van der Waals surface area (Å²) in [6, 6.07) is 15.1. The van der Waals surface area contributed by atoms with Crippen LogP contribution in [0.2, 0.25) is 0 Å². The van der Waals surface area contributed by atoms with Gasteiger partial charge in [-0.1, -0.05) is 36.8 Å². The van der Waals surface area contributed by atoms with Gasteiger partial charge in [-0.2, -0.15) is 5.10 Å². The number of esters is 1. The third-order valence-electron chi connectivity index (χ3n) is 4.48. The Labute approximate surface area is 175 Å². The van der Waals surface area contributed by atoms with Gasteiger partial charge in [-0.15, -0.1) is 0 Å². The molecule has 1 amide bonds. The third-order valence-corrected chi connectivity index (χ3v) is 4.48. The first kappa shape index (κ1) is 21.1. The van der Waals surface area contributed by atoms with Crippen LogP contribution in [0.5, 0.6) is 5.75 Å². The normalized spacial score (nSPS) is 10.5. The van der Waals surface area contributed by atoms with Crippen LogP contribution in [0.1, 0.15) is 29.3 Å². The van der Waals surface area contributed by atoms with E-state index in [2.05, 4.69) is 10.4 Å². The van der Waals surface area contributed by atoms with Gasteiger partial charge in [-0.05, 0) is 37.6 Å². The Balaban J connectivity index is 1.93. The minimum atomic E-state index is -0.613. The molecule has 0 aliphatic carbocycles. The number of carbonyl (C=O) groups is 2. The van der Waals surface area contributed by atoms with E-state index in [0.717, 1.165) is 17.7 Å². The van der Waals surface area contributed by atoms with Crippen LogP contribution in [0.25, 0.3) is 16.9 Å². The number of rotatable bonds is 8. The van der Waals surface area contributed by atoms with E-state index >= 15 is 0 Å². The van der Waals surface area contributed by atoms with E-state index in [4.69, 9.17) is 9.47 Å². The van der Waals surface area contributed by atoms with Crippen LogP contribution in [-0.4, -0.2) is 41.9 Å². The third kappa shape index (κ3) is 5.05. The molecule has 0 atom stereocenters.